The molecule has 0 aliphatic carbocycles. The molecule has 108 valence electrons. The number of halogens is 1. The lowest BCUT2D eigenvalue weighted by molar-refractivity contribution is 0.530. The van der Waals surface area contributed by atoms with Gasteiger partial charge in [0.05, 0.1) is 9.79 Å². The first-order chi connectivity index (χ1) is 8.70. The van der Waals surface area contributed by atoms with Gasteiger partial charge in [-0.25, -0.2) is 21.6 Å². The van der Waals surface area contributed by atoms with Crippen LogP contribution in [0.15, 0.2) is 34.1 Å². The Hall–Kier alpha value is -0.630. The third-order valence-corrected chi connectivity index (χ3v) is 5.57. The van der Waals surface area contributed by atoms with Crippen molar-refractivity contribution in [2.75, 3.05) is 0 Å². The largest absolute Gasteiger partial charge is 0.261 e. The third kappa shape index (κ3) is 4.45. The van der Waals surface area contributed by atoms with Crippen molar-refractivity contribution in [3.8, 4) is 0 Å². The van der Waals surface area contributed by atoms with E-state index in [1.807, 2.05) is 13.8 Å². The van der Waals surface area contributed by atoms with Crippen LogP contribution in [0.5, 0.6) is 0 Å². The summed E-state index contributed by atoms with van der Waals surface area (Å²) >= 11 is 0. The highest BCUT2D eigenvalue weighted by molar-refractivity contribution is 8.13. The molecule has 1 aromatic rings. The van der Waals surface area contributed by atoms with Gasteiger partial charge in [-0.2, -0.15) is 0 Å². The van der Waals surface area contributed by atoms with E-state index in [-0.39, 0.29) is 15.8 Å². The van der Waals surface area contributed by atoms with E-state index in [0.29, 0.717) is 12.8 Å². The van der Waals surface area contributed by atoms with E-state index in [1.165, 1.54) is 18.2 Å². The van der Waals surface area contributed by atoms with Gasteiger partial charge >= 0.3 is 0 Å². The normalized spacial score (nSPS) is 12.8. The maximum Gasteiger partial charge on any atom is 0.261 e. The SMILES string of the molecule is CCC(CC)NS(=O)(=O)c1cccc(S(=O)(=O)Cl)c1. The highest BCUT2D eigenvalue weighted by Gasteiger charge is 2.20. The van der Waals surface area contributed by atoms with E-state index in [1.54, 1.807) is 0 Å². The molecular weight excluding hydrogens is 310 g/mol. The van der Waals surface area contributed by atoms with Crippen LogP contribution in [0.1, 0.15) is 26.7 Å². The molecule has 8 heteroatoms. The predicted molar refractivity (Wildman–Crippen MR) is 74.2 cm³/mol. The van der Waals surface area contributed by atoms with E-state index >= 15 is 0 Å². The van der Waals surface area contributed by atoms with Gasteiger partial charge in [0.15, 0.2) is 0 Å². The highest BCUT2D eigenvalue weighted by Crippen LogP contribution is 2.19. The number of hydrogen-bond donors (Lipinski definition) is 1. The molecule has 5 nitrogen and oxygen atoms in total. The summed E-state index contributed by atoms with van der Waals surface area (Å²) in [6, 6.07) is 4.79. The maximum atomic E-state index is 12.1. The van der Waals surface area contributed by atoms with Crippen molar-refractivity contribution in [3.05, 3.63) is 24.3 Å². The number of hydrogen-bond acceptors (Lipinski definition) is 4. The summed E-state index contributed by atoms with van der Waals surface area (Å²) < 4.78 is 49.1. The quantitative estimate of drug-likeness (QED) is 0.812. The van der Waals surface area contributed by atoms with E-state index in [0.717, 1.165) is 6.07 Å². The Morgan fingerprint density at radius 1 is 1.11 bits per heavy atom. The highest BCUT2D eigenvalue weighted by atomic mass is 35.7. The monoisotopic (exact) mass is 325 g/mol. The van der Waals surface area contributed by atoms with Crippen molar-refractivity contribution in [3.63, 3.8) is 0 Å². The van der Waals surface area contributed by atoms with Crippen molar-refractivity contribution in [1.82, 2.24) is 4.72 Å². The molecule has 0 atom stereocenters. The van der Waals surface area contributed by atoms with Crippen LogP contribution in [0.25, 0.3) is 0 Å². The Morgan fingerprint density at radius 3 is 2.11 bits per heavy atom. The van der Waals surface area contributed by atoms with Gasteiger partial charge in [0.25, 0.3) is 9.05 Å². The first-order valence-electron chi connectivity index (χ1n) is 5.77. The first kappa shape index (κ1) is 16.4. The van der Waals surface area contributed by atoms with Gasteiger partial charge < -0.3 is 0 Å². The summed E-state index contributed by atoms with van der Waals surface area (Å²) in [5, 5.41) is 0. The van der Waals surface area contributed by atoms with Crippen molar-refractivity contribution in [2.45, 2.75) is 42.5 Å². The van der Waals surface area contributed by atoms with Crippen LogP contribution in [-0.4, -0.2) is 22.9 Å². The lowest BCUT2D eigenvalue weighted by Crippen LogP contribution is -2.33. The molecule has 0 radical (unpaired) electrons. The van der Waals surface area contributed by atoms with Gasteiger partial charge in [-0.1, -0.05) is 19.9 Å². The molecule has 0 heterocycles. The van der Waals surface area contributed by atoms with Crippen LogP contribution in [0.2, 0.25) is 0 Å². The second-order valence-corrected chi connectivity index (χ2v) is 8.33. The standard InChI is InChI=1S/C11H16ClNO4S2/c1-3-9(4-2)13-19(16,17)11-7-5-6-10(8-11)18(12,14)15/h5-9,13H,3-4H2,1-2H3. The van der Waals surface area contributed by atoms with Gasteiger partial charge in [0.1, 0.15) is 0 Å². The van der Waals surface area contributed by atoms with Crippen molar-refractivity contribution in [2.24, 2.45) is 0 Å². The summed E-state index contributed by atoms with van der Waals surface area (Å²) in [4.78, 5) is -0.345. The molecule has 19 heavy (non-hydrogen) atoms. The van der Waals surface area contributed by atoms with Gasteiger partial charge in [0.2, 0.25) is 10.0 Å². The first-order valence-corrected chi connectivity index (χ1v) is 9.57. The fourth-order valence-corrected chi connectivity index (χ4v) is 3.86. The van der Waals surface area contributed by atoms with E-state index in [2.05, 4.69) is 4.72 Å². The Kier molecular flexibility index (Phi) is 5.37. The maximum absolute atomic E-state index is 12.1. The summed E-state index contributed by atoms with van der Waals surface area (Å²) in [6.45, 7) is 3.74. The van der Waals surface area contributed by atoms with Crippen LogP contribution in [-0.2, 0) is 19.1 Å². The summed E-state index contributed by atoms with van der Waals surface area (Å²) in [7, 11) is -2.49. The predicted octanol–water partition coefficient (Wildman–Crippen LogP) is 2.08. The molecule has 0 fully saturated rings. The lowest BCUT2D eigenvalue weighted by Gasteiger charge is -2.15. The van der Waals surface area contributed by atoms with Crippen LogP contribution in [0, 0.1) is 0 Å². The molecule has 0 amide bonds. The Morgan fingerprint density at radius 2 is 1.63 bits per heavy atom. The number of sulfonamides is 1. The van der Waals surface area contributed by atoms with E-state index < -0.39 is 19.1 Å². The summed E-state index contributed by atoms with van der Waals surface area (Å²) in [6.07, 6.45) is 1.31. The van der Waals surface area contributed by atoms with Crippen LogP contribution < -0.4 is 4.72 Å². The third-order valence-electron chi connectivity index (χ3n) is 2.70. The van der Waals surface area contributed by atoms with Crippen LogP contribution in [0.3, 0.4) is 0 Å². The molecule has 0 unspecified atom stereocenters. The van der Waals surface area contributed by atoms with Gasteiger partial charge in [-0.3, -0.25) is 0 Å². The molecule has 0 bridgehead atoms. The summed E-state index contributed by atoms with van der Waals surface area (Å²) in [5.41, 5.74) is 0. The zero-order valence-electron chi connectivity index (χ0n) is 10.6. The zero-order valence-corrected chi connectivity index (χ0v) is 13.0. The second-order valence-electron chi connectivity index (χ2n) is 4.05. The van der Waals surface area contributed by atoms with Crippen LogP contribution in [0.4, 0.5) is 0 Å². The topological polar surface area (TPSA) is 80.3 Å². The minimum absolute atomic E-state index is 0.110. The Balaban J connectivity index is 3.16. The minimum atomic E-state index is -3.95. The Labute approximate surface area is 118 Å². The molecule has 1 N–H and O–H groups in total. The average Bonchev–Trinajstić information content (AvgIpc) is 2.35. The van der Waals surface area contributed by atoms with Gasteiger partial charge in [-0.05, 0) is 31.0 Å². The van der Waals surface area contributed by atoms with Crippen molar-refractivity contribution >= 4 is 29.8 Å². The van der Waals surface area contributed by atoms with E-state index in [9.17, 15) is 16.8 Å². The second kappa shape index (κ2) is 6.21. The summed E-state index contributed by atoms with van der Waals surface area (Å²) in [5.74, 6) is 0. The molecular formula is C11H16ClNO4S2. The van der Waals surface area contributed by atoms with E-state index in [4.69, 9.17) is 10.7 Å². The number of rotatable bonds is 6. The smallest absolute Gasteiger partial charge is 0.208 e. The van der Waals surface area contributed by atoms with Crippen molar-refractivity contribution in [1.29, 1.82) is 0 Å². The Bertz CT molecular complexity index is 636. The average molecular weight is 326 g/mol. The molecule has 1 aromatic carbocycles. The molecule has 0 aliphatic heterocycles. The molecule has 0 saturated heterocycles. The molecule has 0 spiro atoms. The van der Waals surface area contributed by atoms with Gasteiger partial charge in [-0.15, -0.1) is 0 Å². The molecule has 0 saturated carbocycles. The fourth-order valence-electron chi connectivity index (χ4n) is 1.54. The van der Waals surface area contributed by atoms with Crippen molar-refractivity contribution < 1.29 is 16.8 Å². The number of benzene rings is 1. The number of nitrogens with one attached hydrogen (secondary N) is 1. The molecule has 1 rings (SSSR count). The zero-order chi connectivity index (χ0) is 14.7. The van der Waals surface area contributed by atoms with Gasteiger partial charge in [0, 0.05) is 16.7 Å². The molecule has 0 aliphatic rings. The molecule has 0 aromatic heterocycles. The lowest BCUT2D eigenvalue weighted by atomic mass is 10.2. The fraction of sp³-hybridized carbons (Fsp3) is 0.455. The minimum Gasteiger partial charge on any atom is -0.208 e. The van der Waals surface area contributed by atoms with Crippen LogP contribution >= 0.6 is 10.7 Å².